The zero-order valence-corrected chi connectivity index (χ0v) is 20.2. The summed E-state index contributed by atoms with van der Waals surface area (Å²) < 4.78 is 12.4. The maximum absolute atomic E-state index is 13.0. The Hall–Kier alpha value is -2.06. The van der Waals surface area contributed by atoms with Gasteiger partial charge in [0.05, 0.1) is 11.3 Å². The van der Waals surface area contributed by atoms with E-state index in [4.69, 9.17) is 26.1 Å². The fraction of sp³-hybridized carbons (Fsp3) is 0.364. The fourth-order valence-electron chi connectivity index (χ4n) is 2.92. The molecule has 0 aliphatic rings. The Morgan fingerprint density at radius 2 is 1.84 bits per heavy atom. The first-order valence-electron chi connectivity index (χ1n) is 9.83. The molecule has 1 aromatic heterocycles. The van der Waals surface area contributed by atoms with Gasteiger partial charge in [-0.15, -0.1) is 12.4 Å². The molecule has 168 valence electrons. The van der Waals surface area contributed by atoms with Crippen LogP contribution in [0.5, 0.6) is 11.5 Å². The van der Waals surface area contributed by atoms with Crippen LogP contribution in [0, 0.1) is 0 Å². The van der Waals surface area contributed by atoms with Crippen molar-refractivity contribution in [1.82, 2.24) is 9.88 Å². The lowest BCUT2D eigenvalue weighted by molar-refractivity contribution is -0.120. The van der Waals surface area contributed by atoms with Gasteiger partial charge < -0.3 is 14.4 Å². The zero-order valence-electron chi connectivity index (χ0n) is 17.8. The second kappa shape index (κ2) is 12.1. The summed E-state index contributed by atoms with van der Waals surface area (Å²) in [5.74, 6) is 1.19. The smallest absolute Gasteiger partial charge is 0.266 e. The van der Waals surface area contributed by atoms with Gasteiger partial charge in [0.2, 0.25) is 0 Å². The van der Waals surface area contributed by atoms with E-state index in [0.717, 1.165) is 28.9 Å². The van der Waals surface area contributed by atoms with E-state index in [0.29, 0.717) is 29.1 Å². The summed E-state index contributed by atoms with van der Waals surface area (Å²) in [7, 11) is 4.03. The van der Waals surface area contributed by atoms with Crippen molar-refractivity contribution in [1.29, 1.82) is 0 Å². The van der Waals surface area contributed by atoms with E-state index in [9.17, 15) is 4.79 Å². The van der Waals surface area contributed by atoms with Crippen LogP contribution in [0.1, 0.15) is 13.3 Å². The minimum atomic E-state index is -0.138. The van der Waals surface area contributed by atoms with Crippen LogP contribution < -0.4 is 14.4 Å². The molecule has 31 heavy (non-hydrogen) atoms. The van der Waals surface area contributed by atoms with E-state index in [-0.39, 0.29) is 24.9 Å². The lowest BCUT2D eigenvalue weighted by atomic mass is 10.3. The number of hydrogen-bond acceptors (Lipinski definition) is 6. The standard InChI is InChI=1S/C22H26ClN3O3S.ClH/c1-4-28-18-7-5-8-19-21(18)24-22(30-19)26(14-6-13-25(2)3)20(27)15-29-17-11-9-16(23)10-12-17;/h5,7-12H,4,6,13-15H2,1-3H3;1H. The number of amides is 1. The Morgan fingerprint density at radius 3 is 2.52 bits per heavy atom. The molecule has 2 aromatic carbocycles. The molecule has 0 aliphatic carbocycles. The number of aromatic nitrogens is 1. The summed E-state index contributed by atoms with van der Waals surface area (Å²) in [6, 6.07) is 12.8. The first kappa shape index (κ1) is 25.2. The summed E-state index contributed by atoms with van der Waals surface area (Å²) in [6.07, 6.45) is 0.827. The Labute approximate surface area is 198 Å². The van der Waals surface area contributed by atoms with E-state index in [1.54, 1.807) is 29.2 Å². The highest BCUT2D eigenvalue weighted by atomic mass is 35.5. The number of halogens is 2. The van der Waals surface area contributed by atoms with Gasteiger partial charge in [0.25, 0.3) is 5.91 Å². The predicted octanol–water partition coefficient (Wildman–Crippen LogP) is 5.13. The molecule has 0 atom stereocenters. The number of carbonyl (C=O) groups excluding carboxylic acids is 1. The highest BCUT2D eigenvalue weighted by Gasteiger charge is 2.21. The molecule has 0 aliphatic heterocycles. The molecule has 1 amide bonds. The van der Waals surface area contributed by atoms with Crippen molar-refractivity contribution in [3.05, 3.63) is 47.5 Å². The quantitative estimate of drug-likeness (QED) is 0.399. The lowest BCUT2D eigenvalue weighted by Crippen LogP contribution is -2.36. The third kappa shape index (κ3) is 6.97. The number of hydrogen-bond donors (Lipinski definition) is 0. The Kier molecular flexibility index (Phi) is 9.84. The van der Waals surface area contributed by atoms with Crippen LogP contribution in [0.3, 0.4) is 0 Å². The lowest BCUT2D eigenvalue weighted by Gasteiger charge is -2.21. The summed E-state index contributed by atoms with van der Waals surface area (Å²) in [6.45, 7) is 3.86. The Bertz CT molecular complexity index is 980. The van der Waals surface area contributed by atoms with Gasteiger partial charge in [-0.05, 0) is 70.4 Å². The van der Waals surface area contributed by atoms with E-state index < -0.39 is 0 Å². The largest absolute Gasteiger partial charge is 0.492 e. The molecule has 9 heteroatoms. The van der Waals surface area contributed by atoms with Gasteiger partial charge in [-0.3, -0.25) is 9.69 Å². The summed E-state index contributed by atoms with van der Waals surface area (Å²) >= 11 is 7.39. The fourth-order valence-corrected chi connectivity index (χ4v) is 4.08. The van der Waals surface area contributed by atoms with Gasteiger partial charge in [0.15, 0.2) is 11.7 Å². The average molecular weight is 484 g/mol. The molecule has 3 aromatic rings. The van der Waals surface area contributed by atoms with Crippen molar-refractivity contribution in [2.75, 3.05) is 45.3 Å². The predicted molar refractivity (Wildman–Crippen MR) is 131 cm³/mol. The molecule has 0 N–H and O–H groups in total. The van der Waals surface area contributed by atoms with E-state index >= 15 is 0 Å². The number of anilines is 1. The molecule has 0 saturated heterocycles. The number of fused-ring (bicyclic) bond motifs is 1. The minimum Gasteiger partial charge on any atom is -0.492 e. The van der Waals surface area contributed by atoms with Crippen LogP contribution in [0.4, 0.5) is 5.13 Å². The molecule has 0 spiro atoms. The second-order valence-corrected chi connectivity index (χ2v) is 8.42. The van der Waals surface area contributed by atoms with Crippen LogP contribution in [0.25, 0.3) is 10.2 Å². The normalized spacial score (nSPS) is 10.7. The highest BCUT2D eigenvalue weighted by molar-refractivity contribution is 7.22. The van der Waals surface area contributed by atoms with Crippen LogP contribution in [-0.2, 0) is 4.79 Å². The molecule has 3 rings (SSSR count). The second-order valence-electron chi connectivity index (χ2n) is 6.98. The van der Waals surface area contributed by atoms with Gasteiger partial charge in [-0.1, -0.05) is 29.0 Å². The van der Waals surface area contributed by atoms with Crippen molar-refractivity contribution in [2.45, 2.75) is 13.3 Å². The van der Waals surface area contributed by atoms with E-state index in [1.165, 1.54) is 11.3 Å². The number of thiazole rings is 1. The average Bonchev–Trinajstić information content (AvgIpc) is 3.15. The number of rotatable bonds is 10. The number of para-hydroxylation sites is 1. The number of ether oxygens (including phenoxy) is 2. The maximum Gasteiger partial charge on any atom is 0.266 e. The molecular weight excluding hydrogens is 457 g/mol. The van der Waals surface area contributed by atoms with Crippen molar-refractivity contribution in [3.8, 4) is 11.5 Å². The third-order valence-electron chi connectivity index (χ3n) is 4.37. The van der Waals surface area contributed by atoms with Gasteiger partial charge in [-0.25, -0.2) is 4.98 Å². The molecule has 0 fully saturated rings. The first-order chi connectivity index (χ1) is 14.5. The molecular formula is C22H27Cl2N3O3S. The summed E-state index contributed by atoms with van der Waals surface area (Å²) in [5.41, 5.74) is 0.781. The monoisotopic (exact) mass is 483 g/mol. The number of nitrogens with zero attached hydrogens (tertiary/aromatic N) is 3. The van der Waals surface area contributed by atoms with E-state index in [1.807, 2.05) is 39.2 Å². The van der Waals surface area contributed by atoms with Crippen LogP contribution >= 0.6 is 35.3 Å². The topological polar surface area (TPSA) is 54.9 Å². The summed E-state index contributed by atoms with van der Waals surface area (Å²) in [4.78, 5) is 21.6. The van der Waals surface area contributed by atoms with Crippen molar-refractivity contribution >= 4 is 56.6 Å². The number of benzene rings is 2. The van der Waals surface area contributed by atoms with Crippen molar-refractivity contribution in [3.63, 3.8) is 0 Å². The van der Waals surface area contributed by atoms with Crippen LogP contribution in [0.15, 0.2) is 42.5 Å². The minimum absolute atomic E-state index is 0. The maximum atomic E-state index is 13.0. The van der Waals surface area contributed by atoms with Crippen LogP contribution in [-0.4, -0.2) is 56.2 Å². The molecule has 0 radical (unpaired) electrons. The van der Waals surface area contributed by atoms with Gasteiger partial charge in [-0.2, -0.15) is 0 Å². The van der Waals surface area contributed by atoms with Gasteiger partial charge in [0, 0.05) is 11.6 Å². The van der Waals surface area contributed by atoms with Crippen molar-refractivity contribution in [2.24, 2.45) is 0 Å². The molecule has 6 nitrogen and oxygen atoms in total. The highest BCUT2D eigenvalue weighted by Crippen LogP contribution is 2.34. The summed E-state index contributed by atoms with van der Waals surface area (Å²) in [5, 5.41) is 1.28. The Morgan fingerprint density at radius 1 is 1.10 bits per heavy atom. The molecule has 1 heterocycles. The Balaban J connectivity index is 0.00000341. The molecule has 0 unspecified atom stereocenters. The number of carbonyl (C=O) groups is 1. The first-order valence-corrected chi connectivity index (χ1v) is 11.0. The van der Waals surface area contributed by atoms with Crippen LogP contribution in [0.2, 0.25) is 5.02 Å². The van der Waals surface area contributed by atoms with Crippen molar-refractivity contribution < 1.29 is 14.3 Å². The van der Waals surface area contributed by atoms with E-state index in [2.05, 4.69) is 4.90 Å². The SMILES string of the molecule is CCOc1cccc2sc(N(CCCN(C)C)C(=O)COc3ccc(Cl)cc3)nc12.Cl. The van der Waals surface area contributed by atoms with Gasteiger partial charge in [0.1, 0.15) is 17.0 Å². The molecule has 0 bridgehead atoms. The molecule has 0 saturated carbocycles. The third-order valence-corrected chi connectivity index (χ3v) is 5.66. The van der Waals surface area contributed by atoms with Gasteiger partial charge >= 0.3 is 0 Å². The zero-order chi connectivity index (χ0) is 21.5.